The average Bonchev–Trinajstić information content (AvgIpc) is 2.55. The van der Waals surface area contributed by atoms with Gasteiger partial charge in [-0.2, -0.15) is 0 Å². The number of hydrogen-bond acceptors (Lipinski definition) is 6. The molecule has 24 heavy (non-hydrogen) atoms. The van der Waals surface area contributed by atoms with E-state index in [9.17, 15) is 19.2 Å². The van der Waals surface area contributed by atoms with Crippen molar-refractivity contribution in [3.8, 4) is 0 Å². The summed E-state index contributed by atoms with van der Waals surface area (Å²) in [6.45, 7) is 1.57. The van der Waals surface area contributed by atoms with Gasteiger partial charge in [-0.3, -0.25) is 40.0 Å². The second-order valence-corrected chi connectivity index (χ2v) is 6.06. The molecule has 130 valence electrons. The van der Waals surface area contributed by atoms with Crippen molar-refractivity contribution in [2.24, 2.45) is 17.8 Å². The van der Waals surface area contributed by atoms with Crippen LogP contribution in [0.15, 0.2) is 0 Å². The summed E-state index contributed by atoms with van der Waals surface area (Å²) in [4.78, 5) is 52.6. The molecule has 2 saturated heterocycles. The highest BCUT2D eigenvalue weighted by Gasteiger charge is 2.50. The highest BCUT2D eigenvalue weighted by atomic mass is 16.2. The zero-order chi connectivity index (χ0) is 18.5. The zero-order valence-corrected chi connectivity index (χ0v) is 14.2. The van der Waals surface area contributed by atoms with Crippen molar-refractivity contribution >= 4 is 35.5 Å². The van der Waals surface area contributed by atoms with E-state index in [0.717, 1.165) is 19.6 Å². The van der Waals surface area contributed by atoms with Crippen LogP contribution < -0.4 is 0 Å². The molecule has 0 aromatic carbocycles. The van der Waals surface area contributed by atoms with E-state index in [4.69, 9.17) is 10.8 Å². The predicted octanol–water partition coefficient (Wildman–Crippen LogP) is -0.143. The van der Waals surface area contributed by atoms with E-state index in [0.29, 0.717) is 0 Å². The Morgan fingerprint density at radius 3 is 1.29 bits per heavy atom. The van der Waals surface area contributed by atoms with Gasteiger partial charge >= 0.3 is 12.1 Å². The molecule has 2 aliphatic heterocycles. The molecule has 0 aliphatic carbocycles. The molecule has 0 bridgehead atoms. The van der Waals surface area contributed by atoms with Crippen LogP contribution in [0.3, 0.4) is 0 Å². The maximum absolute atomic E-state index is 12.5. The Bertz CT molecular complexity index is 570. The molecule has 0 aromatic heterocycles. The van der Waals surface area contributed by atoms with Crippen molar-refractivity contribution < 1.29 is 19.2 Å². The Morgan fingerprint density at radius 1 is 0.708 bits per heavy atom. The van der Waals surface area contributed by atoms with Crippen LogP contribution in [-0.2, 0) is 9.59 Å². The van der Waals surface area contributed by atoms with Crippen LogP contribution in [0, 0.1) is 28.6 Å². The molecule has 2 rings (SSSR count). The third-order valence-electron chi connectivity index (χ3n) is 4.70. The standard InChI is InChI=1S/C14H20N6O4/c1-6(7-9(15)17(2)13(23)19(4)11(7)21)8-10(16)18(3)14(24)20(5)12(8)22/h6-8,15-16H,1-5H3. The molecule has 2 fully saturated rings. The Kier molecular flexibility index (Phi) is 4.17. The van der Waals surface area contributed by atoms with Gasteiger partial charge in [0.25, 0.3) is 0 Å². The van der Waals surface area contributed by atoms with Crippen molar-refractivity contribution in [2.45, 2.75) is 6.92 Å². The van der Waals surface area contributed by atoms with E-state index in [1.807, 2.05) is 0 Å². The first kappa shape index (κ1) is 17.6. The van der Waals surface area contributed by atoms with Gasteiger partial charge in [0.1, 0.15) is 11.7 Å². The number of amides is 6. The van der Waals surface area contributed by atoms with Gasteiger partial charge in [0.15, 0.2) is 0 Å². The fourth-order valence-electron chi connectivity index (χ4n) is 3.05. The highest BCUT2D eigenvalue weighted by molar-refractivity contribution is 6.20. The Morgan fingerprint density at radius 2 is 1.00 bits per heavy atom. The number of imide groups is 2. The lowest BCUT2D eigenvalue weighted by Gasteiger charge is -2.42. The van der Waals surface area contributed by atoms with E-state index >= 15 is 0 Å². The van der Waals surface area contributed by atoms with Gasteiger partial charge in [-0.05, 0) is 5.92 Å². The van der Waals surface area contributed by atoms with Crippen molar-refractivity contribution in [3.63, 3.8) is 0 Å². The van der Waals surface area contributed by atoms with Gasteiger partial charge in [0.2, 0.25) is 11.8 Å². The summed E-state index contributed by atoms with van der Waals surface area (Å²) in [6.07, 6.45) is 0. The number of nitrogens with zero attached hydrogens (tertiary/aromatic N) is 4. The molecule has 10 nitrogen and oxygen atoms in total. The van der Waals surface area contributed by atoms with Gasteiger partial charge in [-0.15, -0.1) is 0 Å². The van der Waals surface area contributed by atoms with Gasteiger partial charge in [0.05, 0.1) is 11.8 Å². The number of urea groups is 2. The molecule has 2 N–H and O–H groups in total. The smallest absolute Gasteiger partial charge is 0.287 e. The lowest BCUT2D eigenvalue weighted by atomic mass is 9.78. The summed E-state index contributed by atoms with van der Waals surface area (Å²) < 4.78 is 0. The summed E-state index contributed by atoms with van der Waals surface area (Å²) in [7, 11) is 5.37. The second-order valence-electron chi connectivity index (χ2n) is 6.06. The molecule has 0 radical (unpaired) electrons. The number of hydrogen-bond donors (Lipinski definition) is 2. The van der Waals surface area contributed by atoms with Crippen LogP contribution in [0.25, 0.3) is 0 Å². The second kappa shape index (κ2) is 5.69. The van der Waals surface area contributed by atoms with Crippen molar-refractivity contribution in [1.82, 2.24) is 19.6 Å². The van der Waals surface area contributed by atoms with Crippen LogP contribution >= 0.6 is 0 Å². The molecule has 2 aliphatic rings. The lowest BCUT2D eigenvalue weighted by molar-refractivity contribution is -0.136. The molecule has 0 spiro atoms. The minimum atomic E-state index is -1.05. The van der Waals surface area contributed by atoms with E-state index in [1.54, 1.807) is 6.92 Å². The van der Waals surface area contributed by atoms with E-state index in [-0.39, 0.29) is 11.7 Å². The number of carbonyl (C=O) groups excluding carboxylic acids is 4. The molecular weight excluding hydrogens is 316 g/mol. The fraction of sp³-hybridized carbons (Fsp3) is 0.571. The molecular formula is C14H20N6O4. The molecule has 6 amide bonds. The number of carbonyl (C=O) groups is 4. The zero-order valence-electron chi connectivity index (χ0n) is 14.2. The topological polar surface area (TPSA) is 129 Å². The SMILES string of the molecule is CC(C1C(=N)N(C)C(=O)N(C)C1=O)C1C(=N)N(C)C(=O)N(C)C1=O. The number of nitrogens with one attached hydrogen (secondary N) is 2. The minimum absolute atomic E-state index is 0.224. The first-order valence-corrected chi connectivity index (χ1v) is 7.29. The van der Waals surface area contributed by atoms with E-state index in [1.165, 1.54) is 28.2 Å². The predicted molar refractivity (Wildman–Crippen MR) is 83.5 cm³/mol. The first-order chi connectivity index (χ1) is 11.0. The van der Waals surface area contributed by atoms with E-state index in [2.05, 4.69) is 0 Å². The highest BCUT2D eigenvalue weighted by Crippen LogP contribution is 2.32. The average molecular weight is 336 g/mol. The fourth-order valence-corrected chi connectivity index (χ4v) is 3.05. The van der Waals surface area contributed by atoms with Crippen LogP contribution in [0.2, 0.25) is 0 Å². The summed E-state index contributed by atoms with van der Waals surface area (Å²) in [6, 6.07) is -1.24. The van der Waals surface area contributed by atoms with Crippen LogP contribution in [-0.4, -0.2) is 83.3 Å². The summed E-state index contributed by atoms with van der Waals surface area (Å²) in [5, 5.41) is 16.2. The van der Waals surface area contributed by atoms with Crippen LogP contribution in [0.4, 0.5) is 9.59 Å². The quantitative estimate of drug-likeness (QED) is 0.727. The maximum Gasteiger partial charge on any atom is 0.331 e. The van der Waals surface area contributed by atoms with Crippen molar-refractivity contribution in [3.05, 3.63) is 0 Å². The Hall–Kier alpha value is -2.78. The summed E-state index contributed by atoms with van der Waals surface area (Å²) >= 11 is 0. The van der Waals surface area contributed by atoms with Crippen molar-refractivity contribution in [1.29, 1.82) is 10.8 Å². The van der Waals surface area contributed by atoms with Crippen molar-refractivity contribution in [2.75, 3.05) is 28.2 Å². The summed E-state index contributed by atoms with van der Waals surface area (Å²) in [5.74, 6) is -4.52. The normalized spacial score (nSPS) is 27.4. The molecule has 10 heteroatoms. The molecule has 0 saturated carbocycles. The first-order valence-electron chi connectivity index (χ1n) is 7.29. The number of rotatable bonds is 2. The Labute approximate surface area is 139 Å². The molecule has 0 aromatic rings. The van der Waals surface area contributed by atoms with Crippen LogP contribution in [0.5, 0.6) is 0 Å². The van der Waals surface area contributed by atoms with Gasteiger partial charge in [-0.25, -0.2) is 9.59 Å². The van der Waals surface area contributed by atoms with E-state index < -0.39 is 41.6 Å². The molecule has 2 atom stereocenters. The lowest BCUT2D eigenvalue weighted by Crippen LogP contribution is -2.63. The molecule has 2 unspecified atom stereocenters. The number of amidine groups is 2. The van der Waals surface area contributed by atoms with Gasteiger partial charge < -0.3 is 0 Å². The third kappa shape index (κ3) is 2.25. The largest absolute Gasteiger partial charge is 0.331 e. The monoisotopic (exact) mass is 336 g/mol. The van der Waals surface area contributed by atoms with Crippen LogP contribution in [0.1, 0.15) is 6.92 Å². The third-order valence-corrected chi connectivity index (χ3v) is 4.70. The summed E-state index contributed by atoms with van der Waals surface area (Å²) in [5.41, 5.74) is 0. The van der Waals surface area contributed by atoms with Gasteiger partial charge in [-0.1, -0.05) is 6.92 Å². The molecule has 2 heterocycles. The van der Waals surface area contributed by atoms with Gasteiger partial charge in [0, 0.05) is 28.2 Å². The minimum Gasteiger partial charge on any atom is -0.287 e. The Balaban J connectivity index is 2.41. The maximum atomic E-state index is 12.5.